The summed E-state index contributed by atoms with van der Waals surface area (Å²) in [6.07, 6.45) is 2.02. The van der Waals surface area contributed by atoms with E-state index in [2.05, 4.69) is 7.18 Å². The third-order valence-electron chi connectivity index (χ3n) is 0.129. The van der Waals surface area contributed by atoms with Crippen LogP contribution in [0.2, 0.25) is 0 Å². The fourth-order valence-electron chi connectivity index (χ4n) is 0. The Hall–Kier alpha value is 0.715. The van der Waals surface area contributed by atoms with Gasteiger partial charge in [0.1, 0.15) is 0 Å². The Morgan fingerprint density at radius 2 is 2.25 bits per heavy atom. The van der Waals surface area contributed by atoms with E-state index in [4.69, 9.17) is 0 Å². The predicted octanol–water partition coefficient (Wildman–Crippen LogP) is 1.03. The van der Waals surface area contributed by atoms with Crippen LogP contribution in [0.3, 0.4) is 0 Å². The molecule has 0 saturated heterocycles. The van der Waals surface area contributed by atoms with Crippen molar-refractivity contribution in [3.8, 4) is 0 Å². The molecule has 0 heterocycles. The maximum atomic E-state index is 3.54. The topological polar surface area (TPSA) is 0 Å². The molecule has 0 N–H and O–H groups in total. The standard InChI is InChI=1S/CH4BPS/c1-4-3-2/h2H,1H3. The molecule has 0 atom stereocenters. The normalized spacial score (nSPS) is 8.00. The number of hydrogen-bond acceptors (Lipinski definition) is 1. The van der Waals surface area contributed by atoms with Gasteiger partial charge in [-0.05, 0) is 0 Å². The van der Waals surface area contributed by atoms with Crippen LogP contribution in [0.15, 0.2) is 0 Å². The summed E-state index contributed by atoms with van der Waals surface area (Å²) >= 11 is 1.72. The van der Waals surface area contributed by atoms with Gasteiger partial charge >= 0.3 is 32.1 Å². The molecule has 0 unspecified atom stereocenters. The van der Waals surface area contributed by atoms with Crippen LogP contribution in [0.5, 0.6) is 0 Å². The van der Waals surface area contributed by atoms with Gasteiger partial charge in [0.25, 0.3) is 0 Å². The van der Waals surface area contributed by atoms with Gasteiger partial charge in [-0.3, -0.25) is 0 Å². The molecule has 0 radical (unpaired) electrons. The monoisotopic (exact) mass is 90.0 g/mol. The zero-order chi connectivity index (χ0) is 3.41. The Morgan fingerprint density at radius 1 is 2.00 bits per heavy atom. The second-order valence-corrected chi connectivity index (χ2v) is 2.81. The van der Waals surface area contributed by atoms with Crippen molar-refractivity contribution >= 4 is 25.8 Å². The van der Waals surface area contributed by atoms with E-state index in [1.807, 2.05) is 6.26 Å². The third-order valence-corrected chi connectivity index (χ3v) is 1.16. The van der Waals surface area contributed by atoms with E-state index in [-0.39, 0.29) is 0 Å². The third kappa shape index (κ3) is 2.71. The van der Waals surface area contributed by atoms with E-state index in [1.165, 1.54) is 7.27 Å². The van der Waals surface area contributed by atoms with Gasteiger partial charge < -0.3 is 0 Å². The molecule has 0 nitrogen and oxygen atoms in total. The van der Waals surface area contributed by atoms with Gasteiger partial charge in [-0.1, -0.05) is 0 Å². The van der Waals surface area contributed by atoms with E-state index >= 15 is 0 Å². The van der Waals surface area contributed by atoms with Crippen LogP contribution in [0.4, 0.5) is 0 Å². The Labute approximate surface area is 32.9 Å². The fraction of sp³-hybridized carbons (Fsp3) is 1.00. The van der Waals surface area contributed by atoms with Gasteiger partial charge in [0.05, 0.1) is 0 Å². The molecule has 4 heavy (non-hydrogen) atoms. The predicted molar refractivity (Wildman–Crippen MR) is 27.6 cm³/mol. The first kappa shape index (κ1) is 4.71. The van der Waals surface area contributed by atoms with Crippen molar-refractivity contribution in [2.24, 2.45) is 0 Å². The quantitative estimate of drug-likeness (QED) is 0.342. The number of hydrogen-bond donors (Lipinski definition) is 0. The number of rotatable bonds is 1. The van der Waals surface area contributed by atoms with Crippen LogP contribution in [0.25, 0.3) is 0 Å². The Kier molecular flexibility index (Phi) is 4.38. The molecular weight excluding hydrogens is 85.9 g/mol. The van der Waals surface area contributed by atoms with Crippen LogP contribution < -0.4 is 0 Å². The fourth-order valence-corrected chi connectivity index (χ4v) is 0. The van der Waals surface area contributed by atoms with Crippen molar-refractivity contribution in [1.29, 1.82) is 0 Å². The van der Waals surface area contributed by atoms with Gasteiger partial charge in [0.2, 0.25) is 0 Å². The zero-order valence-corrected chi connectivity index (χ0v) is 4.27. The first-order valence-electron chi connectivity index (χ1n) is 0.907. The molecule has 22 valence electrons. The average molecular weight is 89.9 g/mol. The zero-order valence-electron chi connectivity index (χ0n) is 2.56. The molecular formula is CH4BPS. The summed E-state index contributed by atoms with van der Waals surface area (Å²) < 4.78 is 0. The Morgan fingerprint density at radius 3 is 2.25 bits per heavy atom. The molecule has 0 aromatic rings. The van der Waals surface area contributed by atoms with Gasteiger partial charge in [0.15, 0.2) is 0 Å². The van der Waals surface area contributed by atoms with E-state index in [1.54, 1.807) is 11.4 Å². The van der Waals surface area contributed by atoms with Gasteiger partial charge in [0, 0.05) is 0 Å². The summed E-state index contributed by atoms with van der Waals surface area (Å²) in [7, 11) is 4.70. The second kappa shape index (κ2) is 3.71. The molecule has 0 amide bonds. The summed E-state index contributed by atoms with van der Waals surface area (Å²) in [5, 5.41) is 0. The van der Waals surface area contributed by atoms with E-state index in [0.717, 1.165) is 0 Å². The van der Waals surface area contributed by atoms with Crippen molar-refractivity contribution in [3.05, 3.63) is 0 Å². The minimum absolute atomic E-state index is 1.17. The summed E-state index contributed by atoms with van der Waals surface area (Å²) in [6.45, 7) is 0. The van der Waals surface area contributed by atoms with Crippen LogP contribution in [0.1, 0.15) is 0 Å². The summed E-state index contributed by atoms with van der Waals surface area (Å²) in [6, 6.07) is 0. The molecule has 0 fully saturated rings. The van der Waals surface area contributed by atoms with Gasteiger partial charge in [-0.25, -0.2) is 0 Å². The SMILES string of the molecule is B=PSC. The molecule has 0 rings (SSSR count). The van der Waals surface area contributed by atoms with E-state index in [9.17, 15) is 0 Å². The second-order valence-electron chi connectivity index (χ2n) is 0.312. The van der Waals surface area contributed by atoms with Gasteiger partial charge in [-0.2, -0.15) is 0 Å². The van der Waals surface area contributed by atoms with Crippen molar-refractivity contribution < 1.29 is 0 Å². The maximum absolute atomic E-state index is 3.54. The molecule has 3 heteroatoms. The Bertz CT molecular complexity index is 22.0. The molecule has 0 spiro atoms. The first-order chi connectivity index (χ1) is 1.91. The summed E-state index contributed by atoms with van der Waals surface area (Å²) in [5.41, 5.74) is 0. The molecule has 0 aliphatic carbocycles. The van der Waals surface area contributed by atoms with Gasteiger partial charge in [-0.15, -0.1) is 0 Å². The van der Waals surface area contributed by atoms with Crippen LogP contribution in [-0.4, -0.2) is 13.4 Å². The molecule has 0 aromatic heterocycles. The average Bonchev–Trinajstić information content (AvgIpc) is 1.37. The van der Waals surface area contributed by atoms with Crippen molar-refractivity contribution in [2.45, 2.75) is 0 Å². The minimum atomic E-state index is 1.17. The first-order valence-corrected chi connectivity index (χ1v) is 3.82. The van der Waals surface area contributed by atoms with Crippen molar-refractivity contribution in [2.75, 3.05) is 6.26 Å². The molecule has 0 aromatic carbocycles. The van der Waals surface area contributed by atoms with Crippen LogP contribution in [0, 0.1) is 0 Å². The van der Waals surface area contributed by atoms with E-state index in [0.29, 0.717) is 0 Å². The van der Waals surface area contributed by atoms with Crippen LogP contribution in [-0.2, 0) is 0 Å². The van der Waals surface area contributed by atoms with Crippen molar-refractivity contribution in [3.63, 3.8) is 0 Å². The van der Waals surface area contributed by atoms with Crippen molar-refractivity contribution in [1.82, 2.24) is 0 Å². The molecule has 0 aliphatic heterocycles. The summed E-state index contributed by atoms with van der Waals surface area (Å²) in [5.74, 6) is 0. The van der Waals surface area contributed by atoms with E-state index < -0.39 is 0 Å². The summed E-state index contributed by atoms with van der Waals surface area (Å²) in [4.78, 5) is 0. The Balaban J connectivity index is 2.30. The molecule has 0 saturated carbocycles. The molecule has 0 aliphatic rings. The van der Waals surface area contributed by atoms with Crippen LogP contribution >= 0.6 is 18.7 Å². The molecule has 0 bridgehead atoms.